The van der Waals surface area contributed by atoms with Crippen molar-refractivity contribution >= 4 is 22.6 Å². The normalized spacial score (nSPS) is 13.8. The van der Waals surface area contributed by atoms with Crippen molar-refractivity contribution in [1.82, 2.24) is 14.9 Å². The highest BCUT2D eigenvalue weighted by atomic mass is 19.4. The van der Waals surface area contributed by atoms with Crippen molar-refractivity contribution in [1.29, 1.82) is 0 Å². The topological polar surface area (TPSA) is 85.7 Å². The number of nitrogens with zero attached hydrogens (tertiary/aromatic N) is 3. The molecule has 11 heteroatoms. The van der Waals surface area contributed by atoms with Crippen molar-refractivity contribution < 1.29 is 27.4 Å². The van der Waals surface area contributed by atoms with Gasteiger partial charge in [-0.3, -0.25) is 9.59 Å². The first-order valence-electron chi connectivity index (χ1n) is 13.6. The number of benzene rings is 2. The molecule has 220 valence electrons. The van der Waals surface area contributed by atoms with Crippen LogP contribution in [0.3, 0.4) is 0 Å². The van der Waals surface area contributed by atoms with Gasteiger partial charge in [0, 0.05) is 32.4 Å². The maximum atomic E-state index is 13.6. The molecule has 0 bridgehead atoms. The molecule has 0 spiro atoms. The van der Waals surface area contributed by atoms with Crippen molar-refractivity contribution in [3.63, 3.8) is 0 Å². The molecule has 0 atom stereocenters. The van der Waals surface area contributed by atoms with Gasteiger partial charge in [0.1, 0.15) is 16.8 Å². The molecular formula is C31H31F3N4O4. The Bertz CT molecular complexity index is 1650. The number of morpholine rings is 1. The summed E-state index contributed by atoms with van der Waals surface area (Å²) in [6.45, 7) is 4.07. The first-order valence-corrected chi connectivity index (χ1v) is 13.6. The van der Waals surface area contributed by atoms with Gasteiger partial charge < -0.3 is 24.3 Å². The van der Waals surface area contributed by atoms with Gasteiger partial charge in [0.05, 0.1) is 43.3 Å². The van der Waals surface area contributed by atoms with Crippen LogP contribution in [-0.2, 0) is 23.9 Å². The van der Waals surface area contributed by atoms with Gasteiger partial charge in [-0.1, -0.05) is 24.3 Å². The third-order valence-corrected chi connectivity index (χ3v) is 7.48. The number of alkyl halides is 3. The number of pyridine rings is 2. The van der Waals surface area contributed by atoms with E-state index in [9.17, 15) is 22.8 Å². The first-order chi connectivity index (χ1) is 20.2. The van der Waals surface area contributed by atoms with Crippen molar-refractivity contribution in [3.05, 3.63) is 99.0 Å². The van der Waals surface area contributed by atoms with E-state index in [1.54, 1.807) is 30.0 Å². The van der Waals surface area contributed by atoms with Crippen molar-refractivity contribution in [2.24, 2.45) is 0 Å². The molecule has 0 aliphatic carbocycles. The van der Waals surface area contributed by atoms with Crippen LogP contribution in [0.2, 0.25) is 0 Å². The molecule has 1 amide bonds. The van der Waals surface area contributed by atoms with E-state index in [0.717, 1.165) is 23.1 Å². The lowest BCUT2D eigenvalue weighted by Gasteiger charge is -2.29. The molecule has 5 rings (SSSR count). The van der Waals surface area contributed by atoms with Gasteiger partial charge in [0.2, 0.25) is 5.43 Å². The maximum absolute atomic E-state index is 13.6. The van der Waals surface area contributed by atoms with Crippen molar-refractivity contribution in [3.8, 4) is 5.75 Å². The third-order valence-electron chi connectivity index (χ3n) is 7.48. The first kappa shape index (κ1) is 29.1. The molecule has 0 saturated carbocycles. The summed E-state index contributed by atoms with van der Waals surface area (Å²) in [4.78, 5) is 33.2. The van der Waals surface area contributed by atoms with Gasteiger partial charge in [0.15, 0.2) is 0 Å². The molecule has 3 heterocycles. The summed E-state index contributed by atoms with van der Waals surface area (Å²) in [5.41, 5.74) is 1.33. The van der Waals surface area contributed by atoms with Crippen LogP contribution >= 0.6 is 0 Å². The van der Waals surface area contributed by atoms with Crippen LogP contribution in [0.1, 0.15) is 32.6 Å². The summed E-state index contributed by atoms with van der Waals surface area (Å²) >= 11 is 0. The van der Waals surface area contributed by atoms with Gasteiger partial charge >= 0.3 is 6.18 Å². The number of anilines is 1. The number of fused-ring (bicyclic) bond motifs is 1. The third kappa shape index (κ3) is 6.25. The van der Waals surface area contributed by atoms with Gasteiger partial charge in [0.25, 0.3) is 5.91 Å². The Kier molecular flexibility index (Phi) is 8.49. The molecule has 0 radical (unpaired) electrons. The number of halogens is 3. The SMILES string of the molecule is COc1ccc(CCNC(=O)c2cn(Cc3cccc(C(F)(F)F)c3C)c3cc(N4CCOCC4)cnc3c2=O)cc1. The summed E-state index contributed by atoms with van der Waals surface area (Å²) in [6.07, 6.45) is -0.980. The Hall–Kier alpha value is -4.38. The second-order valence-corrected chi connectivity index (χ2v) is 10.1. The van der Waals surface area contributed by atoms with E-state index in [1.165, 1.54) is 19.2 Å². The lowest BCUT2D eigenvalue weighted by molar-refractivity contribution is -0.138. The summed E-state index contributed by atoms with van der Waals surface area (Å²) < 4.78 is 53.2. The minimum Gasteiger partial charge on any atom is -0.497 e. The van der Waals surface area contributed by atoms with Crippen molar-refractivity contribution in [2.45, 2.75) is 26.1 Å². The van der Waals surface area contributed by atoms with Gasteiger partial charge in [-0.15, -0.1) is 0 Å². The molecule has 1 fully saturated rings. The minimum absolute atomic E-state index is 0.00685. The van der Waals surface area contributed by atoms with E-state index in [1.807, 2.05) is 24.3 Å². The number of carbonyl (C=O) groups excluding carboxylic acids is 1. The molecule has 1 saturated heterocycles. The summed E-state index contributed by atoms with van der Waals surface area (Å²) in [5, 5.41) is 2.79. The zero-order valence-corrected chi connectivity index (χ0v) is 23.3. The molecule has 0 unspecified atom stereocenters. The van der Waals surface area contributed by atoms with Gasteiger partial charge in [-0.05, 0) is 54.3 Å². The molecular weight excluding hydrogens is 549 g/mol. The van der Waals surface area contributed by atoms with Crippen molar-refractivity contribution in [2.75, 3.05) is 44.9 Å². The van der Waals surface area contributed by atoms with Gasteiger partial charge in [-0.25, -0.2) is 4.98 Å². The number of ether oxygens (including phenoxy) is 2. The summed E-state index contributed by atoms with van der Waals surface area (Å²) in [7, 11) is 1.58. The Morgan fingerprint density at radius 2 is 1.86 bits per heavy atom. The Morgan fingerprint density at radius 1 is 1.12 bits per heavy atom. The molecule has 1 aliphatic rings. The fourth-order valence-corrected chi connectivity index (χ4v) is 5.09. The predicted molar refractivity (Wildman–Crippen MR) is 153 cm³/mol. The highest BCUT2D eigenvalue weighted by Gasteiger charge is 2.33. The smallest absolute Gasteiger partial charge is 0.416 e. The lowest BCUT2D eigenvalue weighted by Crippen LogP contribution is -2.36. The fourth-order valence-electron chi connectivity index (χ4n) is 5.09. The number of methoxy groups -OCH3 is 1. The largest absolute Gasteiger partial charge is 0.497 e. The number of hydrogen-bond acceptors (Lipinski definition) is 6. The van der Waals surface area contributed by atoms with E-state index in [-0.39, 0.29) is 29.7 Å². The lowest BCUT2D eigenvalue weighted by atomic mass is 10.0. The minimum atomic E-state index is -4.51. The number of hydrogen-bond donors (Lipinski definition) is 1. The summed E-state index contributed by atoms with van der Waals surface area (Å²) in [6, 6.07) is 13.2. The molecule has 2 aromatic heterocycles. The number of aromatic nitrogens is 2. The zero-order chi connectivity index (χ0) is 29.9. The van der Waals surface area contributed by atoms with E-state index in [2.05, 4.69) is 15.2 Å². The van der Waals surface area contributed by atoms with Crippen LogP contribution < -0.4 is 20.4 Å². The Balaban J connectivity index is 1.50. The highest BCUT2D eigenvalue weighted by Crippen LogP contribution is 2.33. The van der Waals surface area contributed by atoms with Crippen LogP contribution in [0.15, 0.2) is 65.7 Å². The van der Waals surface area contributed by atoms with Crippen LogP contribution in [0.25, 0.3) is 11.0 Å². The Labute approximate surface area is 240 Å². The standard InChI is InChI=1S/C31H31F3N4O4/c1-20-22(4-3-5-26(20)31(32,33)34)18-38-19-25(30(40)35-11-10-21-6-8-24(41-2)9-7-21)29(39)28-27(38)16-23(17-36-28)37-12-14-42-15-13-37/h3-9,16-17,19H,10-15,18H2,1-2H3,(H,35,40). The highest BCUT2D eigenvalue weighted by molar-refractivity contribution is 5.97. The molecule has 42 heavy (non-hydrogen) atoms. The average molecular weight is 581 g/mol. The molecule has 8 nitrogen and oxygen atoms in total. The van der Waals surface area contributed by atoms with Gasteiger partial charge in [-0.2, -0.15) is 13.2 Å². The molecule has 4 aromatic rings. The maximum Gasteiger partial charge on any atom is 0.416 e. The monoisotopic (exact) mass is 580 g/mol. The van der Waals surface area contributed by atoms with Crippen LogP contribution in [0, 0.1) is 6.92 Å². The number of rotatable bonds is 8. The summed E-state index contributed by atoms with van der Waals surface area (Å²) in [5.74, 6) is 0.142. The number of nitrogens with one attached hydrogen (secondary N) is 1. The zero-order valence-electron chi connectivity index (χ0n) is 23.3. The fraction of sp³-hybridized carbons (Fsp3) is 0.323. The van der Waals surface area contributed by atoms with E-state index >= 15 is 0 Å². The molecule has 1 aliphatic heterocycles. The van der Waals surface area contributed by atoms with E-state index in [4.69, 9.17) is 9.47 Å². The van der Waals surface area contributed by atoms with Crippen LogP contribution in [-0.4, -0.2) is 55.4 Å². The quantitative estimate of drug-likeness (QED) is 0.328. The Morgan fingerprint density at radius 3 is 2.55 bits per heavy atom. The second kappa shape index (κ2) is 12.2. The van der Waals surface area contributed by atoms with Crippen LogP contribution in [0.4, 0.5) is 18.9 Å². The van der Waals surface area contributed by atoms with E-state index in [0.29, 0.717) is 43.8 Å². The predicted octanol–water partition coefficient (Wildman–Crippen LogP) is 4.59. The van der Waals surface area contributed by atoms with E-state index < -0.39 is 23.1 Å². The second-order valence-electron chi connectivity index (χ2n) is 10.1. The number of amides is 1. The average Bonchev–Trinajstić information content (AvgIpc) is 2.99. The number of carbonyl (C=O) groups is 1. The molecule has 1 N–H and O–H groups in total. The van der Waals surface area contributed by atoms with Crippen LogP contribution in [0.5, 0.6) is 5.75 Å². The molecule has 2 aromatic carbocycles.